The van der Waals surface area contributed by atoms with Gasteiger partial charge in [-0.3, -0.25) is 14.6 Å². The summed E-state index contributed by atoms with van der Waals surface area (Å²) in [5.74, 6) is -1.47. The zero-order valence-electron chi connectivity index (χ0n) is 22.5. The van der Waals surface area contributed by atoms with Crippen molar-refractivity contribution in [3.63, 3.8) is 0 Å². The number of benzene rings is 1. The van der Waals surface area contributed by atoms with Gasteiger partial charge in [0, 0.05) is 18.5 Å². The molecule has 1 aliphatic carbocycles. The summed E-state index contributed by atoms with van der Waals surface area (Å²) in [5.41, 5.74) is -0.779. The van der Waals surface area contributed by atoms with E-state index in [9.17, 15) is 23.6 Å². The van der Waals surface area contributed by atoms with Crippen molar-refractivity contribution >= 4 is 24.1 Å². The van der Waals surface area contributed by atoms with Crippen LogP contribution in [0.3, 0.4) is 0 Å². The standard InChI is InChI=1S/C27H36FN3O7/c1-6-17-12-27(17,23(33)36-7-2)29-22(32)21-11-18(14-31(21)25(35)38-26(3,4)5)37-24(34)30-13-16-9-8-10-20(28)19(16)15-30/h8-10,17-18,21H,6-7,11-15H2,1-5H3,(H,29,32)/t17-,18-,21+,27-/m1/s1. The predicted molar refractivity (Wildman–Crippen MR) is 133 cm³/mol. The average molecular weight is 534 g/mol. The molecule has 0 spiro atoms. The van der Waals surface area contributed by atoms with Crippen molar-refractivity contribution in [1.29, 1.82) is 0 Å². The van der Waals surface area contributed by atoms with Gasteiger partial charge in [0.25, 0.3) is 0 Å². The number of carbonyl (C=O) groups excluding carboxylic acids is 4. The number of hydrogen-bond donors (Lipinski definition) is 1. The van der Waals surface area contributed by atoms with Crippen molar-refractivity contribution in [2.45, 2.75) is 90.3 Å². The van der Waals surface area contributed by atoms with Crippen LogP contribution in [0.4, 0.5) is 14.0 Å². The minimum Gasteiger partial charge on any atom is -0.464 e. The molecule has 0 unspecified atom stereocenters. The van der Waals surface area contributed by atoms with Crippen LogP contribution in [-0.4, -0.2) is 70.3 Å². The highest BCUT2D eigenvalue weighted by molar-refractivity contribution is 5.94. The lowest BCUT2D eigenvalue weighted by atomic mass is 10.1. The third-order valence-corrected chi connectivity index (χ3v) is 7.23. The van der Waals surface area contributed by atoms with Crippen LogP contribution in [0.1, 0.15) is 65.0 Å². The molecule has 2 heterocycles. The first-order valence-electron chi connectivity index (χ1n) is 13.1. The molecule has 3 aliphatic rings. The van der Waals surface area contributed by atoms with Gasteiger partial charge in [0.1, 0.15) is 29.1 Å². The van der Waals surface area contributed by atoms with E-state index >= 15 is 0 Å². The summed E-state index contributed by atoms with van der Waals surface area (Å²) in [4.78, 5) is 54.7. The van der Waals surface area contributed by atoms with Crippen molar-refractivity contribution in [1.82, 2.24) is 15.1 Å². The van der Waals surface area contributed by atoms with E-state index in [4.69, 9.17) is 14.2 Å². The van der Waals surface area contributed by atoms with E-state index in [1.165, 1.54) is 15.9 Å². The lowest BCUT2D eigenvalue weighted by Gasteiger charge is -2.29. The first-order chi connectivity index (χ1) is 17.9. The molecule has 1 aromatic rings. The second-order valence-electron chi connectivity index (χ2n) is 11.1. The SMILES string of the molecule is CCOC(=O)[C@@]1(NC(=O)[C@@H]2C[C@@H](OC(=O)N3Cc4cccc(F)c4C3)CN2C(=O)OC(C)(C)C)C[C@H]1CC. The molecule has 11 heteroatoms. The molecule has 0 aromatic heterocycles. The van der Waals surface area contributed by atoms with E-state index in [1.54, 1.807) is 39.8 Å². The second-order valence-corrected chi connectivity index (χ2v) is 11.1. The number of ether oxygens (including phenoxy) is 3. The van der Waals surface area contributed by atoms with Gasteiger partial charge >= 0.3 is 18.2 Å². The van der Waals surface area contributed by atoms with Gasteiger partial charge in [0.15, 0.2) is 0 Å². The molecule has 38 heavy (non-hydrogen) atoms. The fraction of sp³-hybridized carbons (Fsp3) is 0.630. The Morgan fingerprint density at radius 3 is 2.47 bits per heavy atom. The molecule has 1 N–H and O–H groups in total. The van der Waals surface area contributed by atoms with Gasteiger partial charge in [0.05, 0.1) is 19.7 Å². The van der Waals surface area contributed by atoms with Gasteiger partial charge in [-0.15, -0.1) is 0 Å². The van der Waals surface area contributed by atoms with E-state index in [-0.39, 0.29) is 44.4 Å². The molecule has 1 saturated heterocycles. The van der Waals surface area contributed by atoms with Crippen LogP contribution in [0.2, 0.25) is 0 Å². The van der Waals surface area contributed by atoms with Gasteiger partial charge in [-0.25, -0.2) is 18.8 Å². The van der Waals surface area contributed by atoms with Crippen molar-refractivity contribution in [3.05, 3.63) is 35.1 Å². The summed E-state index contributed by atoms with van der Waals surface area (Å²) >= 11 is 0. The lowest BCUT2D eigenvalue weighted by Crippen LogP contribution is -2.54. The number of nitrogens with zero attached hydrogens (tertiary/aromatic N) is 2. The number of carbonyl (C=O) groups is 4. The molecule has 10 nitrogen and oxygen atoms in total. The maximum absolute atomic E-state index is 14.1. The molecular weight excluding hydrogens is 497 g/mol. The Morgan fingerprint density at radius 2 is 1.87 bits per heavy atom. The molecule has 0 bridgehead atoms. The largest absolute Gasteiger partial charge is 0.464 e. The molecule has 2 fully saturated rings. The Bertz CT molecular complexity index is 1120. The van der Waals surface area contributed by atoms with Gasteiger partial charge in [-0.2, -0.15) is 0 Å². The Balaban J connectivity index is 1.47. The molecule has 4 atom stereocenters. The number of nitrogens with one attached hydrogen (secondary N) is 1. The summed E-state index contributed by atoms with van der Waals surface area (Å²) in [6.07, 6.45) is -1.01. The number of likely N-dealkylation sites (tertiary alicyclic amines) is 1. The number of halogens is 1. The van der Waals surface area contributed by atoms with Crippen LogP contribution >= 0.6 is 0 Å². The third kappa shape index (κ3) is 5.56. The molecule has 0 radical (unpaired) electrons. The number of hydrogen-bond acceptors (Lipinski definition) is 7. The zero-order chi connectivity index (χ0) is 27.8. The van der Waals surface area contributed by atoms with Gasteiger partial charge in [0.2, 0.25) is 5.91 Å². The molecule has 2 aliphatic heterocycles. The highest BCUT2D eigenvalue weighted by Crippen LogP contribution is 2.47. The minimum absolute atomic E-state index is 0.0294. The fourth-order valence-electron chi connectivity index (χ4n) is 5.22. The fourth-order valence-corrected chi connectivity index (χ4v) is 5.22. The number of fused-ring (bicyclic) bond motifs is 1. The number of amides is 3. The van der Waals surface area contributed by atoms with Gasteiger partial charge < -0.3 is 19.5 Å². The van der Waals surface area contributed by atoms with Crippen LogP contribution in [0.5, 0.6) is 0 Å². The smallest absolute Gasteiger partial charge is 0.411 e. The summed E-state index contributed by atoms with van der Waals surface area (Å²) in [7, 11) is 0. The third-order valence-electron chi connectivity index (χ3n) is 7.23. The molecular formula is C27H36FN3O7. The Morgan fingerprint density at radius 1 is 1.13 bits per heavy atom. The van der Waals surface area contributed by atoms with Crippen LogP contribution < -0.4 is 5.32 Å². The highest BCUT2D eigenvalue weighted by Gasteiger charge is 2.62. The normalized spacial score (nSPS) is 26.0. The van der Waals surface area contributed by atoms with Crippen LogP contribution in [0.25, 0.3) is 0 Å². The molecule has 208 valence electrons. The van der Waals surface area contributed by atoms with E-state index in [0.717, 1.165) is 0 Å². The highest BCUT2D eigenvalue weighted by atomic mass is 19.1. The quantitative estimate of drug-likeness (QED) is 0.440. The monoisotopic (exact) mass is 533 g/mol. The minimum atomic E-state index is -1.12. The van der Waals surface area contributed by atoms with Crippen molar-refractivity contribution in [2.24, 2.45) is 5.92 Å². The first-order valence-corrected chi connectivity index (χ1v) is 13.1. The maximum atomic E-state index is 14.1. The molecule has 1 saturated carbocycles. The second kappa shape index (κ2) is 10.4. The topological polar surface area (TPSA) is 114 Å². The van der Waals surface area contributed by atoms with Crippen LogP contribution in [0.15, 0.2) is 18.2 Å². The van der Waals surface area contributed by atoms with Gasteiger partial charge in [-0.1, -0.05) is 25.5 Å². The molecule has 3 amide bonds. The number of rotatable bonds is 6. The van der Waals surface area contributed by atoms with E-state index in [1.807, 2.05) is 6.92 Å². The van der Waals surface area contributed by atoms with Crippen LogP contribution in [0, 0.1) is 11.7 Å². The lowest BCUT2D eigenvalue weighted by molar-refractivity contribution is -0.149. The Labute approximate surface area is 221 Å². The van der Waals surface area contributed by atoms with Crippen molar-refractivity contribution < 1.29 is 37.8 Å². The molecule has 4 rings (SSSR count). The number of esters is 1. The predicted octanol–water partition coefficient (Wildman–Crippen LogP) is 3.50. The Kier molecular flexibility index (Phi) is 7.58. The van der Waals surface area contributed by atoms with E-state index in [2.05, 4.69) is 5.32 Å². The maximum Gasteiger partial charge on any atom is 0.411 e. The van der Waals surface area contributed by atoms with Gasteiger partial charge in [-0.05, 0) is 51.7 Å². The average Bonchev–Trinajstić information content (AvgIpc) is 3.15. The zero-order valence-corrected chi connectivity index (χ0v) is 22.5. The van der Waals surface area contributed by atoms with E-state index in [0.29, 0.717) is 24.0 Å². The summed E-state index contributed by atoms with van der Waals surface area (Å²) in [6.45, 7) is 9.17. The first kappa shape index (κ1) is 27.7. The van der Waals surface area contributed by atoms with Crippen molar-refractivity contribution in [3.8, 4) is 0 Å². The molecule has 1 aromatic carbocycles. The van der Waals surface area contributed by atoms with Crippen LogP contribution in [-0.2, 0) is 36.9 Å². The summed E-state index contributed by atoms with van der Waals surface area (Å²) < 4.78 is 30.5. The van der Waals surface area contributed by atoms with Crippen molar-refractivity contribution in [2.75, 3.05) is 13.2 Å². The van der Waals surface area contributed by atoms with E-state index < -0.39 is 47.3 Å². The summed E-state index contributed by atoms with van der Waals surface area (Å²) in [5, 5.41) is 2.83. The Hall–Kier alpha value is -3.37. The summed E-state index contributed by atoms with van der Waals surface area (Å²) in [6, 6.07) is 3.68.